The lowest BCUT2D eigenvalue weighted by Crippen LogP contribution is -2.41. The van der Waals surface area contributed by atoms with Gasteiger partial charge in [0.2, 0.25) is 0 Å². The Labute approximate surface area is 87.1 Å². The van der Waals surface area contributed by atoms with Crippen molar-refractivity contribution in [3.05, 3.63) is 0 Å². The maximum atomic E-state index is 8.95. The maximum Gasteiger partial charge on any atom is 0.0593 e. The molecule has 14 heavy (non-hydrogen) atoms. The highest BCUT2D eigenvalue weighted by atomic mass is 16.5. The summed E-state index contributed by atoms with van der Waals surface area (Å²) in [6.07, 6.45) is 4.78. The summed E-state index contributed by atoms with van der Waals surface area (Å²) in [7, 11) is 0. The second-order valence-corrected chi connectivity index (χ2v) is 3.89. The number of rotatable bonds is 6. The average molecular weight is 201 g/mol. The van der Waals surface area contributed by atoms with Crippen LogP contribution in [0, 0.1) is 0 Å². The highest BCUT2D eigenvalue weighted by Gasteiger charge is 2.20. The van der Waals surface area contributed by atoms with Crippen molar-refractivity contribution in [1.82, 2.24) is 4.90 Å². The molecule has 0 radical (unpaired) electrons. The first-order valence-electron chi connectivity index (χ1n) is 5.81. The van der Waals surface area contributed by atoms with Gasteiger partial charge in [0.15, 0.2) is 0 Å². The van der Waals surface area contributed by atoms with Crippen LogP contribution in [-0.4, -0.2) is 49.0 Å². The molecule has 84 valence electrons. The quantitative estimate of drug-likeness (QED) is 0.657. The topological polar surface area (TPSA) is 32.7 Å². The predicted octanol–water partition coefficient (Wildman–Crippen LogP) is 1.26. The summed E-state index contributed by atoms with van der Waals surface area (Å²) >= 11 is 0. The predicted molar refractivity (Wildman–Crippen MR) is 57.4 cm³/mol. The van der Waals surface area contributed by atoms with E-state index in [4.69, 9.17) is 9.84 Å². The van der Waals surface area contributed by atoms with Crippen LogP contribution in [0.25, 0.3) is 0 Å². The zero-order chi connectivity index (χ0) is 10.2. The summed E-state index contributed by atoms with van der Waals surface area (Å²) in [5.41, 5.74) is 0. The molecular formula is C11H23NO2. The Kier molecular flexibility index (Phi) is 6.15. The zero-order valence-electron chi connectivity index (χ0n) is 9.24. The number of piperidine rings is 1. The van der Waals surface area contributed by atoms with Crippen molar-refractivity contribution in [2.75, 3.05) is 32.9 Å². The van der Waals surface area contributed by atoms with E-state index >= 15 is 0 Å². The van der Waals surface area contributed by atoms with Crippen molar-refractivity contribution < 1.29 is 9.84 Å². The first kappa shape index (κ1) is 12.0. The van der Waals surface area contributed by atoms with Crippen molar-refractivity contribution in [2.45, 2.75) is 38.6 Å². The number of hydrogen-bond donors (Lipinski definition) is 1. The van der Waals surface area contributed by atoms with Crippen LogP contribution in [0.5, 0.6) is 0 Å². The van der Waals surface area contributed by atoms with Gasteiger partial charge >= 0.3 is 0 Å². The number of likely N-dealkylation sites (tertiary alicyclic amines) is 1. The molecule has 0 bridgehead atoms. The Balaban J connectivity index is 2.22. The van der Waals surface area contributed by atoms with Crippen molar-refractivity contribution in [2.24, 2.45) is 0 Å². The van der Waals surface area contributed by atoms with Gasteiger partial charge in [0, 0.05) is 25.8 Å². The van der Waals surface area contributed by atoms with Gasteiger partial charge in [-0.1, -0.05) is 6.42 Å². The molecule has 1 rings (SSSR count). The van der Waals surface area contributed by atoms with E-state index in [9.17, 15) is 0 Å². The minimum Gasteiger partial charge on any atom is -0.396 e. The van der Waals surface area contributed by atoms with Crippen LogP contribution in [0.4, 0.5) is 0 Å². The first-order valence-corrected chi connectivity index (χ1v) is 5.81. The van der Waals surface area contributed by atoms with Gasteiger partial charge in [0.05, 0.1) is 6.61 Å². The Morgan fingerprint density at radius 2 is 2.29 bits per heavy atom. The van der Waals surface area contributed by atoms with E-state index in [0.717, 1.165) is 26.2 Å². The van der Waals surface area contributed by atoms with Gasteiger partial charge in [0.1, 0.15) is 0 Å². The largest absolute Gasteiger partial charge is 0.396 e. The minimum absolute atomic E-state index is 0.315. The van der Waals surface area contributed by atoms with E-state index in [1.54, 1.807) is 0 Å². The number of hydrogen-bond acceptors (Lipinski definition) is 3. The SMILES string of the molecule is CCOCCN1CCCCC1CCO. The molecule has 1 atom stereocenters. The molecule has 1 fully saturated rings. The first-order chi connectivity index (χ1) is 6.88. The lowest BCUT2D eigenvalue weighted by Gasteiger charge is -2.35. The minimum atomic E-state index is 0.315. The smallest absolute Gasteiger partial charge is 0.0593 e. The Hall–Kier alpha value is -0.120. The van der Waals surface area contributed by atoms with Gasteiger partial charge in [-0.3, -0.25) is 4.90 Å². The summed E-state index contributed by atoms with van der Waals surface area (Å²) in [5.74, 6) is 0. The van der Waals surface area contributed by atoms with Gasteiger partial charge in [-0.2, -0.15) is 0 Å². The highest BCUT2D eigenvalue weighted by molar-refractivity contribution is 4.76. The van der Waals surface area contributed by atoms with Crippen molar-refractivity contribution in [3.8, 4) is 0 Å². The van der Waals surface area contributed by atoms with E-state index in [-0.39, 0.29) is 0 Å². The fraction of sp³-hybridized carbons (Fsp3) is 1.00. The van der Waals surface area contributed by atoms with Crippen LogP contribution in [0.15, 0.2) is 0 Å². The lowest BCUT2D eigenvalue weighted by molar-refractivity contribution is 0.0673. The van der Waals surface area contributed by atoms with Crippen LogP contribution >= 0.6 is 0 Å². The van der Waals surface area contributed by atoms with Crippen molar-refractivity contribution in [3.63, 3.8) is 0 Å². The zero-order valence-corrected chi connectivity index (χ0v) is 9.24. The van der Waals surface area contributed by atoms with Gasteiger partial charge in [-0.25, -0.2) is 0 Å². The maximum absolute atomic E-state index is 8.95. The van der Waals surface area contributed by atoms with Gasteiger partial charge in [-0.15, -0.1) is 0 Å². The third-order valence-electron chi connectivity index (χ3n) is 2.94. The molecule has 0 aromatic carbocycles. The lowest BCUT2D eigenvalue weighted by atomic mass is 10.00. The van der Waals surface area contributed by atoms with Gasteiger partial charge < -0.3 is 9.84 Å². The number of aliphatic hydroxyl groups excluding tert-OH is 1. The van der Waals surface area contributed by atoms with E-state index in [1.807, 2.05) is 6.92 Å². The van der Waals surface area contributed by atoms with Gasteiger partial charge in [-0.05, 0) is 32.7 Å². The summed E-state index contributed by atoms with van der Waals surface area (Å²) in [6, 6.07) is 0.592. The van der Waals surface area contributed by atoms with Gasteiger partial charge in [0.25, 0.3) is 0 Å². The summed E-state index contributed by atoms with van der Waals surface area (Å²) in [4.78, 5) is 2.47. The molecule has 0 aromatic rings. The van der Waals surface area contributed by atoms with E-state index in [2.05, 4.69) is 4.90 Å². The second kappa shape index (κ2) is 7.21. The molecule has 1 saturated heterocycles. The number of ether oxygens (including phenoxy) is 1. The third kappa shape index (κ3) is 3.95. The van der Waals surface area contributed by atoms with Crippen LogP contribution in [-0.2, 0) is 4.74 Å². The Bertz CT molecular complexity index is 139. The molecule has 3 nitrogen and oxygen atoms in total. The molecule has 1 aliphatic rings. The Morgan fingerprint density at radius 1 is 1.43 bits per heavy atom. The molecule has 3 heteroatoms. The fourth-order valence-corrected chi connectivity index (χ4v) is 2.16. The molecule has 1 heterocycles. The number of nitrogens with zero attached hydrogens (tertiary/aromatic N) is 1. The third-order valence-corrected chi connectivity index (χ3v) is 2.94. The molecule has 1 N–H and O–H groups in total. The average Bonchev–Trinajstić information content (AvgIpc) is 2.21. The van der Waals surface area contributed by atoms with E-state index in [1.165, 1.54) is 25.8 Å². The summed E-state index contributed by atoms with van der Waals surface area (Å²) < 4.78 is 5.36. The summed E-state index contributed by atoms with van der Waals surface area (Å²) in [5, 5.41) is 8.95. The number of aliphatic hydroxyl groups is 1. The summed E-state index contributed by atoms with van der Waals surface area (Å²) in [6.45, 7) is 6.18. The molecule has 1 aliphatic heterocycles. The molecule has 0 saturated carbocycles. The van der Waals surface area contributed by atoms with Crippen LogP contribution in [0.3, 0.4) is 0 Å². The van der Waals surface area contributed by atoms with Crippen LogP contribution in [0.1, 0.15) is 32.6 Å². The van der Waals surface area contributed by atoms with Crippen molar-refractivity contribution in [1.29, 1.82) is 0 Å². The highest BCUT2D eigenvalue weighted by Crippen LogP contribution is 2.18. The molecule has 0 amide bonds. The molecule has 0 aliphatic carbocycles. The van der Waals surface area contributed by atoms with Crippen molar-refractivity contribution >= 4 is 0 Å². The molecular weight excluding hydrogens is 178 g/mol. The van der Waals surface area contributed by atoms with Crippen LogP contribution < -0.4 is 0 Å². The molecule has 1 unspecified atom stereocenters. The Morgan fingerprint density at radius 3 is 3.00 bits per heavy atom. The monoisotopic (exact) mass is 201 g/mol. The van der Waals surface area contributed by atoms with E-state index < -0.39 is 0 Å². The van der Waals surface area contributed by atoms with E-state index in [0.29, 0.717) is 12.6 Å². The fourth-order valence-electron chi connectivity index (χ4n) is 2.16. The molecule has 0 aromatic heterocycles. The van der Waals surface area contributed by atoms with Crippen LogP contribution in [0.2, 0.25) is 0 Å². The normalized spacial score (nSPS) is 24.0. The molecule has 0 spiro atoms. The second-order valence-electron chi connectivity index (χ2n) is 3.89. The standard InChI is InChI=1S/C11H23NO2/c1-2-14-10-8-12-7-4-3-5-11(12)6-9-13/h11,13H,2-10H2,1H3.